The molecular formula is C20H24N4O2. The predicted octanol–water partition coefficient (Wildman–Crippen LogP) is 2.18. The van der Waals surface area contributed by atoms with Gasteiger partial charge in [-0.2, -0.15) is 0 Å². The van der Waals surface area contributed by atoms with E-state index in [-0.39, 0.29) is 11.8 Å². The summed E-state index contributed by atoms with van der Waals surface area (Å²) in [6.45, 7) is 5.18. The van der Waals surface area contributed by atoms with Crippen LogP contribution in [-0.2, 0) is 4.79 Å². The van der Waals surface area contributed by atoms with Crippen LogP contribution < -0.4 is 5.32 Å². The molecule has 1 saturated heterocycles. The first-order valence-electron chi connectivity index (χ1n) is 8.90. The highest BCUT2D eigenvalue weighted by molar-refractivity contribution is 5.94. The van der Waals surface area contributed by atoms with Crippen molar-refractivity contribution >= 4 is 17.5 Å². The summed E-state index contributed by atoms with van der Waals surface area (Å²) in [5, 5.41) is 2.93. The van der Waals surface area contributed by atoms with Crippen LogP contribution >= 0.6 is 0 Å². The van der Waals surface area contributed by atoms with Crippen LogP contribution in [0.1, 0.15) is 22.3 Å². The Morgan fingerprint density at radius 3 is 2.46 bits per heavy atom. The van der Waals surface area contributed by atoms with Crippen molar-refractivity contribution in [2.75, 3.05) is 38.0 Å². The Hall–Kier alpha value is -2.73. The topological polar surface area (TPSA) is 65.5 Å². The number of benzene rings is 1. The van der Waals surface area contributed by atoms with E-state index >= 15 is 0 Å². The quantitative estimate of drug-likeness (QED) is 0.916. The van der Waals surface area contributed by atoms with E-state index in [1.54, 1.807) is 24.5 Å². The Bertz CT molecular complexity index is 746. The van der Waals surface area contributed by atoms with Crippen molar-refractivity contribution in [2.45, 2.75) is 13.3 Å². The van der Waals surface area contributed by atoms with E-state index in [9.17, 15) is 9.59 Å². The van der Waals surface area contributed by atoms with E-state index in [0.29, 0.717) is 31.7 Å². The molecule has 0 spiro atoms. The number of hydrogen-bond donors (Lipinski definition) is 1. The molecule has 0 bridgehead atoms. The number of nitrogens with zero attached hydrogens (tertiary/aromatic N) is 3. The zero-order valence-corrected chi connectivity index (χ0v) is 15.0. The zero-order valence-electron chi connectivity index (χ0n) is 15.0. The van der Waals surface area contributed by atoms with Gasteiger partial charge >= 0.3 is 0 Å². The minimum Gasteiger partial charge on any atom is -0.337 e. The lowest BCUT2D eigenvalue weighted by Gasteiger charge is -2.21. The number of nitrogens with one attached hydrogen (secondary N) is 1. The van der Waals surface area contributed by atoms with Crippen molar-refractivity contribution in [2.24, 2.45) is 0 Å². The van der Waals surface area contributed by atoms with Crippen LogP contribution in [0.4, 0.5) is 5.69 Å². The summed E-state index contributed by atoms with van der Waals surface area (Å²) in [7, 11) is 0. The third-order valence-corrected chi connectivity index (χ3v) is 4.51. The van der Waals surface area contributed by atoms with Crippen LogP contribution in [0.5, 0.6) is 0 Å². The third kappa shape index (κ3) is 4.89. The number of aromatic nitrogens is 1. The SMILES string of the molecule is Cc1ccc(NC(=O)CN2CCCN(C(=O)c3ccncc3)CC2)cc1. The molecule has 2 aromatic rings. The maximum atomic E-state index is 12.6. The minimum atomic E-state index is -0.0252. The molecule has 1 N–H and O–H groups in total. The maximum Gasteiger partial charge on any atom is 0.254 e. The lowest BCUT2D eigenvalue weighted by atomic mass is 10.2. The molecule has 2 amide bonds. The Balaban J connectivity index is 1.51. The summed E-state index contributed by atoms with van der Waals surface area (Å²) in [5.74, 6) is 0.00104. The van der Waals surface area contributed by atoms with Gasteiger partial charge in [-0.05, 0) is 37.6 Å². The fourth-order valence-electron chi connectivity index (χ4n) is 3.05. The second-order valence-corrected chi connectivity index (χ2v) is 6.57. The van der Waals surface area contributed by atoms with E-state index < -0.39 is 0 Å². The van der Waals surface area contributed by atoms with E-state index in [2.05, 4.69) is 15.2 Å². The number of carbonyl (C=O) groups excluding carboxylic acids is 2. The summed E-state index contributed by atoms with van der Waals surface area (Å²) in [4.78, 5) is 32.7. The smallest absolute Gasteiger partial charge is 0.254 e. The molecule has 0 aliphatic carbocycles. The fourth-order valence-corrected chi connectivity index (χ4v) is 3.05. The number of rotatable bonds is 4. The average Bonchev–Trinajstić information content (AvgIpc) is 2.89. The van der Waals surface area contributed by atoms with Crippen LogP contribution in [0, 0.1) is 6.92 Å². The van der Waals surface area contributed by atoms with Crippen molar-refractivity contribution in [3.63, 3.8) is 0 Å². The van der Waals surface area contributed by atoms with Crippen molar-refractivity contribution in [3.8, 4) is 0 Å². The Kier molecular flexibility index (Phi) is 5.96. The fraction of sp³-hybridized carbons (Fsp3) is 0.350. The molecule has 0 unspecified atom stereocenters. The highest BCUT2D eigenvalue weighted by Gasteiger charge is 2.21. The number of aryl methyl sites for hydroxylation is 1. The molecule has 1 fully saturated rings. The molecule has 0 saturated carbocycles. The van der Waals surface area contributed by atoms with Gasteiger partial charge in [0.05, 0.1) is 6.54 Å². The highest BCUT2D eigenvalue weighted by Crippen LogP contribution is 2.11. The molecule has 6 nitrogen and oxygen atoms in total. The minimum absolute atomic E-state index is 0.0252. The molecule has 1 aromatic heterocycles. The van der Waals surface area contributed by atoms with E-state index in [1.807, 2.05) is 36.1 Å². The number of amides is 2. The summed E-state index contributed by atoms with van der Waals surface area (Å²) in [6, 6.07) is 11.2. The van der Waals surface area contributed by atoms with Gasteiger partial charge in [0.1, 0.15) is 0 Å². The summed E-state index contributed by atoms with van der Waals surface area (Å²) in [6.07, 6.45) is 4.12. The Morgan fingerprint density at radius 2 is 1.73 bits per heavy atom. The number of hydrogen-bond acceptors (Lipinski definition) is 4. The lowest BCUT2D eigenvalue weighted by Crippen LogP contribution is -2.38. The predicted molar refractivity (Wildman–Crippen MR) is 101 cm³/mol. The van der Waals surface area contributed by atoms with Gasteiger partial charge in [-0.25, -0.2) is 0 Å². The molecule has 136 valence electrons. The van der Waals surface area contributed by atoms with Crippen molar-refractivity contribution < 1.29 is 9.59 Å². The largest absolute Gasteiger partial charge is 0.337 e. The first-order chi connectivity index (χ1) is 12.6. The van der Waals surface area contributed by atoms with Crippen molar-refractivity contribution in [3.05, 3.63) is 59.9 Å². The van der Waals surface area contributed by atoms with E-state index in [4.69, 9.17) is 0 Å². The lowest BCUT2D eigenvalue weighted by molar-refractivity contribution is -0.117. The van der Waals surface area contributed by atoms with Gasteiger partial charge in [0.25, 0.3) is 5.91 Å². The van der Waals surface area contributed by atoms with Gasteiger partial charge in [-0.15, -0.1) is 0 Å². The second kappa shape index (κ2) is 8.58. The molecule has 0 atom stereocenters. The third-order valence-electron chi connectivity index (χ3n) is 4.51. The van der Waals surface area contributed by atoms with Crippen LogP contribution in [0.15, 0.2) is 48.8 Å². The van der Waals surface area contributed by atoms with E-state index in [1.165, 1.54) is 0 Å². The van der Waals surface area contributed by atoms with Crippen LogP contribution in [-0.4, -0.2) is 59.3 Å². The summed E-state index contributed by atoms with van der Waals surface area (Å²) < 4.78 is 0. The Morgan fingerprint density at radius 1 is 1.00 bits per heavy atom. The number of anilines is 1. The molecular weight excluding hydrogens is 328 g/mol. The maximum absolute atomic E-state index is 12.6. The number of carbonyl (C=O) groups is 2. The van der Waals surface area contributed by atoms with Crippen LogP contribution in [0.25, 0.3) is 0 Å². The standard InChI is InChI=1S/C20H24N4O2/c1-16-3-5-18(6-4-16)22-19(25)15-23-11-2-12-24(14-13-23)20(26)17-7-9-21-10-8-17/h3-10H,2,11-15H2,1H3,(H,22,25). The average molecular weight is 352 g/mol. The molecule has 26 heavy (non-hydrogen) atoms. The monoisotopic (exact) mass is 352 g/mol. The molecule has 3 rings (SSSR count). The van der Waals surface area contributed by atoms with Gasteiger partial charge in [-0.3, -0.25) is 19.5 Å². The molecule has 6 heteroatoms. The molecule has 0 radical (unpaired) electrons. The van der Waals surface area contributed by atoms with Gasteiger partial charge in [-0.1, -0.05) is 17.7 Å². The van der Waals surface area contributed by atoms with Crippen LogP contribution in [0.2, 0.25) is 0 Å². The molecule has 1 aliphatic heterocycles. The summed E-state index contributed by atoms with van der Waals surface area (Å²) >= 11 is 0. The van der Waals surface area contributed by atoms with Crippen molar-refractivity contribution in [1.29, 1.82) is 0 Å². The zero-order chi connectivity index (χ0) is 18.4. The molecule has 1 aliphatic rings. The van der Waals surface area contributed by atoms with Crippen molar-refractivity contribution in [1.82, 2.24) is 14.8 Å². The first-order valence-corrected chi connectivity index (χ1v) is 8.90. The van der Waals surface area contributed by atoms with Gasteiger partial charge in [0.15, 0.2) is 0 Å². The normalized spacial score (nSPS) is 15.3. The number of pyridine rings is 1. The van der Waals surface area contributed by atoms with Gasteiger partial charge in [0, 0.05) is 49.8 Å². The molecule has 2 heterocycles. The van der Waals surface area contributed by atoms with Gasteiger partial charge in [0.2, 0.25) is 5.91 Å². The first kappa shape index (κ1) is 18.1. The molecule has 1 aromatic carbocycles. The van der Waals surface area contributed by atoms with Gasteiger partial charge < -0.3 is 10.2 Å². The Labute approximate surface area is 153 Å². The summed E-state index contributed by atoms with van der Waals surface area (Å²) in [5.41, 5.74) is 2.63. The second-order valence-electron chi connectivity index (χ2n) is 6.57. The van der Waals surface area contributed by atoms with Crippen LogP contribution in [0.3, 0.4) is 0 Å². The highest BCUT2D eigenvalue weighted by atomic mass is 16.2. The van der Waals surface area contributed by atoms with E-state index in [0.717, 1.165) is 24.2 Å².